The highest BCUT2D eigenvalue weighted by Gasteiger charge is 1.94. The second-order valence-electron chi connectivity index (χ2n) is 1.61. The van der Waals surface area contributed by atoms with E-state index in [0.717, 1.165) is 0 Å². The van der Waals surface area contributed by atoms with Crippen LogP contribution in [0.4, 0.5) is 0 Å². The molecule has 9 heavy (non-hydrogen) atoms. The van der Waals surface area contributed by atoms with Gasteiger partial charge in [-0.3, -0.25) is 4.57 Å². The Labute approximate surface area is 54.0 Å². The quantitative estimate of drug-likeness (QED) is 0.593. The van der Waals surface area contributed by atoms with Gasteiger partial charge in [0.05, 0.1) is 5.30 Å². The van der Waals surface area contributed by atoms with Gasteiger partial charge in [0.15, 0.2) is 0 Å². The van der Waals surface area contributed by atoms with Crippen molar-refractivity contribution in [2.75, 3.05) is 0 Å². The molecule has 1 aromatic rings. The number of hydrogen-bond donors (Lipinski definition) is 1. The average molecular weight is 141 g/mol. The van der Waals surface area contributed by atoms with Crippen LogP contribution in [0, 0.1) is 0 Å². The van der Waals surface area contributed by atoms with E-state index in [1.807, 2.05) is 6.07 Å². The number of rotatable bonds is 1. The molecular formula is C6H6O2P. The lowest BCUT2D eigenvalue weighted by Gasteiger charge is -1.88. The van der Waals surface area contributed by atoms with Gasteiger partial charge in [-0.15, -0.1) is 0 Å². The molecule has 0 saturated carbocycles. The lowest BCUT2D eigenvalue weighted by atomic mass is 10.4. The van der Waals surface area contributed by atoms with Crippen molar-refractivity contribution < 1.29 is 9.46 Å². The molecule has 0 saturated heterocycles. The zero-order chi connectivity index (χ0) is 6.69. The Morgan fingerprint density at radius 3 is 2.11 bits per heavy atom. The Bertz CT molecular complexity index is 208. The van der Waals surface area contributed by atoms with Gasteiger partial charge in [-0.1, -0.05) is 18.2 Å². The Hall–Kier alpha value is -0.720. The summed E-state index contributed by atoms with van der Waals surface area (Å²) in [5.41, 5.74) is 0. The molecule has 1 radical (unpaired) electrons. The predicted octanol–water partition coefficient (Wildman–Crippen LogP) is 1.05. The summed E-state index contributed by atoms with van der Waals surface area (Å²) in [6, 6.07) is 8.53. The molecule has 0 fully saturated rings. The molecule has 1 N–H and O–H groups in total. The van der Waals surface area contributed by atoms with Crippen molar-refractivity contribution in [2.24, 2.45) is 0 Å². The normalized spacial score (nSPS) is 11.0. The third kappa shape index (κ3) is 1.60. The van der Waals surface area contributed by atoms with Gasteiger partial charge in [0.1, 0.15) is 0 Å². The highest BCUT2D eigenvalue weighted by Crippen LogP contribution is 2.10. The molecule has 0 amide bonds. The molecule has 0 aliphatic carbocycles. The van der Waals surface area contributed by atoms with Crippen molar-refractivity contribution in [3.8, 4) is 0 Å². The van der Waals surface area contributed by atoms with Gasteiger partial charge in [-0.2, -0.15) is 0 Å². The average Bonchev–Trinajstić information content (AvgIpc) is 1.90. The zero-order valence-electron chi connectivity index (χ0n) is 4.69. The summed E-state index contributed by atoms with van der Waals surface area (Å²) in [7, 11) is -2.15. The van der Waals surface area contributed by atoms with Gasteiger partial charge in [-0.05, 0) is 12.1 Å². The summed E-state index contributed by atoms with van der Waals surface area (Å²) in [6.07, 6.45) is 0. The van der Waals surface area contributed by atoms with Crippen LogP contribution in [-0.2, 0) is 4.57 Å². The monoisotopic (exact) mass is 141 g/mol. The molecule has 0 aromatic heterocycles. The van der Waals surface area contributed by atoms with Crippen molar-refractivity contribution >= 4 is 13.3 Å². The van der Waals surface area contributed by atoms with E-state index in [4.69, 9.17) is 4.89 Å². The second-order valence-corrected chi connectivity index (χ2v) is 2.67. The molecule has 1 unspecified atom stereocenters. The van der Waals surface area contributed by atoms with Crippen LogP contribution in [0.2, 0.25) is 0 Å². The maximum atomic E-state index is 10.3. The van der Waals surface area contributed by atoms with E-state index in [1.165, 1.54) is 0 Å². The van der Waals surface area contributed by atoms with Gasteiger partial charge < -0.3 is 4.89 Å². The topological polar surface area (TPSA) is 37.3 Å². The van der Waals surface area contributed by atoms with E-state index in [1.54, 1.807) is 24.3 Å². The molecule has 2 nitrogen and oxygen atoms in total. The lowest BCUT2D eigenvalue weighted by Crippen LogP contribution is -1.91. The Morgan fingerprint density at radius 1 is 1.22 bits per heavy atom. The lowest BCUT2D eigenvalue weighted by molar-refractivity contribution is 0.513. The first-order valence-corrected chi connectivity index (χ1v) is 3.73. The van der Waals surface area contributed by atoms with Crippen molar-refractivity contribution in [1.82, 2.24) is 0 Å². The summed E-state index contributed by atoms with van der Waals surface area (Å²) in [4.78, 5) is 8.53. The van der Waals surface area contributed by atoms with E-state index in [2.05, 4.69) is 0 Å². The smallest absolute Gasteiger partial charge is 0.243 e. The fraction of sp³-hybridized carbons (Fsp3) is 0. The summed E-state index contributed by atoms with van der Waals surface area (Å²) in [5, 5.41) is 0.479. The maximum Gasteiger partial charge on any atom is 0.243 e. The fourth-order valence-electron chi connectivity index (χ4n) is 0.556. The minimum Gasteiger partial charge on any atom is -0.316 e. The minimum absolute atomic E-state index is 0.479. The molecule has 0 heterocycles. The van der Waals surface area contributed by atoms with Crippen LogP contribution < -0.4 is 5.30 Å². The first kappa shape index (κ1) is 6.40. The summed E-state index contributed by atoms with van der Waals surface area (Å²) < 4.78 is 10.3. The predicted molar refractivity (Wildman–Crippen MR) is 35.9 cm³/mol. The van der Waals surface area contributed by atoms with E-state index in [9.17, 15) is 4.57 Å². The summed E-state index contributed by atoms with van der Waals surface area (Å²) >= 11 is 0. The van der Waals surface area contributed by atoms with Crippen molar-refractivity contribution in [3.63, 3.8) is 0 Å². The molecule has 1 aromatic carbocycles. The van der Waals surface area contributed by atoms with Crippen LogP contribution in [0.15, 0.2) is 30.3 Å². The van der Waals surface area contributed by atoms with Crippen molar-refractivity contribution in [1.29, 1.82) is 0 Å². The molecule has 0 bridgehead atoms. The second kappa shape index (κ2) is 2.72. The molecule has 3 heteroatoms. The van der Waals surface area contributed by atoms with Gasteiger partial charge in [0.25, 0.3) is 0 Å². The van der Waals surface area contributed by atoms with Gasteiger partial charge in [0, 0.05) is 0 Å². The van der Waals surface area contributed by atoms with Gasteiger partial charge >= 0.3 is 0 Å². The molecule has 1 atom stereocenters. The van der Waals surface area contributed by atoms with Crippen molar-refractivity contribution in [2.45, 2.75) is 0 Å². The number of benzene rings is 1. The molecule has 0 aliphatic rings. The van der Waals surface area contributed by atoms with E-state index < -0.39 is 8.03 Å². The fourth-order valence-corrected chi connectivity index (χ4v) is 0.983. The third-order valence-electron chi connectivity index (χ3n) is 0.977. The standard InChI is InChI=1S/C6H6O2P/c7-9(8)6-4-2-1-3-5-6/h1-5H,(H,7,8). The van der Waals surface area contributed by atoms with Crippen LogP contribution in [-0.4, -0.2) is 4.89 Å². The van der Waals surface area contributed by atoms with E-state index >= 15 is 0 Å². The molecule has 1 rings (SSSR count). The molecule has 47 valence electrons. The molecular weight excluding hydrogens is 135 g/mol. The Balaban J connectivity index is 2.98. The van der Waals surface area contributed by atoms with Gasteiger partial charge in [-0.25, -0.2) is 0 Å². The molecule has 0 aliphatic heterocycles. The summed E-state index contributed by atoms with van der Waals surface area (Å²) in [5.74, 6) is 0. The summed E-state index contributed by atoms with van der Waals surface area (Å²) in [6.45, 7) is 0. The van der Waals surface area contributed by atoms with Crippen molar-refractivity contribution in [3.05, 3.63) is 30.3 Å². The van der Waals surface area contributed by atoms with E-state index in [0.29, 0.717) is 5.30 Å². The van der Waals surface area contributed by atoms with Gasteiger partial charge in [0.2, 0.25) is 8.03 Å². The van der Waals surface area contributed by atoms with Crippen LogP contribution in [0.1, 0.15) is 0 Å². The largest absolute Gasteiger partial charge is 0.316 e. The number of hydrogen-bond acceptors (Lipinski definition) is 1. The SMILES string of the molecule is O=[P](O)c1ccccc1. The third-order valence-corrected chi connectivity index (χ3v) is 1.72. The molecule has 0 spiro atoms. The first-order valence-electron chi connectivity index (χ1n) is 2.52. The Kier molecular flexibility index (Phi) is 1.93. The van der Waals surface area contributed by atoms with Crippen LogP contribution in [0.5, 0.6) is 0 Å². The Morgan fingerprint density at radius 2 is 1.78 bits per heavy atom. The van der Waals surface area contributed by atoms with Crippen LogP contribution >= 0.6 is 8.03 Å². The zero-order valence-corrected chi connectivity index (χ0v) is 5.58. The first-order chi connectivity index (χ1) is 4.30. The highest BCUT2D eigenvalue weighted by molar-refractivity contribution is 7.47. The minimum atomic E-state index is -2.15. The highest BCUT2D eigenvalue weighted by atomic mass is 31.1. The van der Waals surface area contributed by atoms with E-state index in [-0.39, 0.29) is 0 Å². The maximum absolute atomic E-state index is 10.3. The van der Waals surface area contributed by atoms with Crippen LogP contribution in [0.3, 0.4) is 0 Å². The van der Waals surface area contributed by atoms with Crippen LogP contribution in [0.25, 0.3) is 0 Å².